The summed E-state index contributed by atoms with van der Waals surface area (Å²) in [6, 6.07) is 0. The standard InChI is InChI=1S/C11H22N2O7S/c1-11(2,7-14)9(16)10(17)13-4-3-8(15)12-5-6-21(18,19)20/h9,14,16H,3-7H2,1-2H3,(H,12,15)(H,13,17)(H,18,19,20)/t9-/m0/s1. The van der Waals surface area contributed by atoms with Crippen LogP contribution in [0.4, 0.5) is 0 Å². The van der Waals surface area contributed by atoms with Crippen molar-refractivity contribution in [3.05, 3.63) is 0 Å². The Kier molecular flexibility index (Phi) is 7.79. The van der Waals surface area contributed by atoms with Crippen molar-refractivity contribution < 1.29 is 32.8 Å². The van der Waals surface area contributed by atoms with Crippen LogP contribution >= 0.6 is 0 Å². The smallest absolute Gasteiger partial charge is 0.266 e. The van der Waals surface area contributed by atoms with E-state index in [4.69, 9.17) is 9.66 Å². The Hall–Kier alpha value is -1.23. The Labute approximate surface area is 123 Å². The van der Waals surface area contributed by atoms with Crippen LogP contribution in [-0.2, 0) is 19.7 Å². The second-order valence-corrected chi connectivity index (χ2v) is 6.80. The molecule has 124 valence electrons. The van der Waals surface area contributed by atoms with Crippen LogP contribution in [0.25, 0.3) is 0 Å². The molecular formula is C11H22N2O7S. The fourth-order valence-electron chi connectivity index (χ4n) is 1.25. The minimum Gasteiger partial charge on any atom is -0.396 e. The summed E-state index contributed by atoms with van der Waals surface area (Å²) in [5.41, 5.74) is -0.998. The van der Waals surface area contributed by atoms with E-state index in [1.807, 2.05) is 0 Å². The molecule has 21 heavy (non-hydrogen) atoms. The molecule has 0 heterocycles. The maximum atomic E-state index is 11.6. The van der Waals surface area contributed by atoms with E-state index in [1.54, 1.807) is 0 Å². The summed E-state index contributed by atoms with van der Waals surface area (Å²) in [6.45, 7) is 2.37. The van der Waals surface area contributed by atoms with Gasteiger partial charge in [-0.25, -0.2) is 0 Å². The summed E-state index contributed by atoms with van der Waals surface area (Å²) in [7, 11) is -4.13. The third-order valence-electron chi connectivity index (χ3n) is 2.73. The number of aliphatic hydroxyl groups excluding tert-OH is 2. The minimum absolute atomic E-state index is 0.0465. The molecular weight excluding hydrogens is 304 g/mol. The molecule has 0 aliphatic carbocycles. The van der Waals surface area contributed by atoms with Gasteiger partial charge in [0, 0.05) is 24.9 Å². The van der Waals surface area contributed by atoms with Gasteiger partial charge in [0.05, 0.1) is 12.4 Å². The van der Waals surface area contributed by atoms with Crippen molar-refractivity contribution in [3.8, 4) is 0 Å². The van der Waals surface area contributed by atoms with Gasteiger partial charge in [0.1, 0.15) is 6.10 Å². The maximum absolute atomic E-state index is 11.6. The highest BCUT2D eigenvalue weighted by molar-refractivity contribution is 7.85. The molecule has 0 spiro atoms. The Balaban J connectivity index is 3.99. The summed E-state index contributed by atoms with van der Waals surface area (Å²) in [5, 5.41) is 23.3. The molecule has 0 aliphatic heterocycles. The van der Waals surface area contributed by atoms with Crippen LogP contribution in [0.1, 0.15) is 20.3 Å². The zero-order valence-electron chi connectivity index (χ0n) is 12.0. The normalized spacial score (nSPS) is 13.6. The molecule has 0 rings (SSSR count). The molecule has 10 heteroatoms. The number of nitrogens with one attached hydrogen (secondary N) is 2. The summed E-state index contributed by atoms with van der Waals surface area (Å²) < 4.78 is 29.3. The highest BCUT2D eigenvalue weighted by atomic mass is 32.2. The van der Waals surface area contributed by atoms with Gasteiger partial charge in [-0.15, -0.1) is 0 Å². The maximum Gasteiger partial charge on any atom is 0.266 e. The van der Waals surface area contributed by atoms with Crippen LogP contribution in [0, 0.1) is 5.41 Å². The highest BCUT2D eigenvalue weighted by Crippen LogP contribution is 2.19. The van der Waals surface area contributed by atoms with E-state index in [9.17, 15) is 23.1 Å². The van der Waals surface area contributed by atoms with Crippen LogP contribution < -0.4 is 10.6 Å². The van der Waals surface area contributed by atoms with Gasteiger partial charge < -0.3 is 20.8 Å². The molecule has 0 aliphatic rings. The van der Waals surface area contributed by atoms with Crippen LogP contribution in [0.2, 0.25) is 0 Å². The molecule has 0 saturated heterocycles. The molecule has 0 aromatic heterocycles. The van der Waals surface area contributed by atoms with Crippen LogP contribution in [0.5, 0.6) is 0 Å². The lowest BCUT2D eigenvalue weighted by molar-refractivity contribution is -0.137. The van der Waals surface area contributed by atoms with E-state index >= 15 is 0 Å². The second kappa shape index (κ2) is 8.27. The SMILES string of the molecule is CC(C)(CO)[C@@H](O)C(=O)NCCC(=O)NCCS(=O)(=O)O. The number of carbonyl (C=O) groups is 2. The van der Waals surface area contributed by atoms with Gasteiger partial charge in [0.25, 0.3) is 10.1 Å². The first-order valence-corrected chi connectivity index (χ1v) is 7.89. The average molecular weight is 326 g/mol. The largest absolute Gasteiger partial charge is 0.396 e. The predicted octanol–water partition coefficient (Wildman–Crippen LogP) is -2.12. The van der Waals surface area contributed by atoms with Crippen molar-refractivity contribution in [2.45, 2.75) is 26.4 Å². The molecule has 9 nitrogen and oxygen atoms in total. The lowest BCUT2D eigenvalue weighted by atomic mass is 9.87. The number of aliphatic hydroxyl groups is 2. The lowest BCUT2D eigenvalue weighted by Crippen LogP contribution is -2.46. The van der Waals surface area contributed by atoms with Crippen molar-refractivity contribution >= 4 is 21.9 Å². The van der Waals surface area contributed by atoms with E-state index in [-0.39, 0.29) is 26.1 Å². The Morgan fingerprint density at radius 3 is 2.24 bits per heavy atom. The fraction of sp³-hybridized carbons (Fsp3) is 0.818. The zero-order chi connectivity index (χ0) is 16.7. The number of hydrogen-bond acceptors (Lipinski definition) is 6. The zero-order valence-corrected chi connectivity index (χ0v) is 12.8. The van der Waals surface area contributed by atoms with Gasteiger partial charge in [-0.1, -0.05) is 13.8 Å². The van der Waals surface area contributed by atoms with Gasteiger partial charge in [0.2, 0.25) is 11.8 Å². The number of amides is 2. The average Bonchev–Trinajstić information content (AvgIpc) is 2.36. The minimum atomic E-state index is -4.13. The van der Waals surface area contributed by atoms with E-state index in [0.29, 0.717) is 0 Å². The third kappa shape index (κ3) is 8.60. The summed E-state index contributed by atoms with van der Waals surface area (Å²) >= 11 is 0. The predicted molar refractivity (Wildman–Crippen MR) is 73.9 cm³/mol. The Morgan fingerprint density at radius 2 is 1.76 bits per heavy atom. The van der Waals surface area contributed by atoms with Crippen molar-refractivity contribution in [2.75, 3.05) is 25.4 Å². The van der Waals surface area contributed by atoms with Gasteiger partial charge in [-0.3, -0.25) is 14.1 Å². The van der Waals surface area contributed by atoms with Gasteiger partial charge >= 0.3 is 0 Å². The Morgan fingerprint density at radius 1 is 1.19 bits per heavy atom. The summed E-state index contributed by atoms with van der Waals surface area (Å²) in [4.78, 5) is 22.9. The van der Waals surface area contributed by atoms with Gasteiger partial charge in [0.15, 0.2) is 0 Å². The fourth-order valence-corrected chi connectivity index (χ4v) is 1.61. The molecule has 0 aromatic carbocycles. The van der Waals surface area contributed by atoms with Crippen LogP contribution in [-0.4, -0.2) is 66.6 Å². The molecule has 0 unspecified atom stereocenters. The molecule has 2 amide bonds. The summed E-state index contributed by atoms with van der Waals surface area (Å²) in [5.74, 6) is -1.80. The monoisotopic (exact) mass is 326 g/mol. The van der Waals surface area contributed by atoms with E-state index < -0.39 is 39.2 Å². The molecule has 0 fully saturated rings. The molecule has 0 radical (unpaired) electrons. The van der Waals surface area contributed by atoms with Crippen molar-refractivity contribution in [1.29, 1.82) is 0 Å². The van der Waals surface area contributed by atoms with E-state index in [1.165, 1.54) is 13.8 Å². The topological polar surface area (TPSA) is 153 Å². The Bertz CT molecular complexity index is 461. The first-order valence-electron chi connectivity index (χ1n) is 6.28. The number of carbonyl (C=O) groups excluding carboxylic acids is 2. The van der Waals surface area contributed by atoms with Crippen LogP contribution in [0.15, 0.2) is 0 Å². The molecule has 1 atom stereocenters. The molecule has 0 saturated carbocycles. The first-order chi connectivity index (χ1) is 9.49. The molecule has 0 aromatic rings. The van der Waals surface area contributed by atoms with Gasteiger partial charge in [-0.05, 0) is 0 Å². The summed E-state index contributed by atoms with van der Waals surface area (Å²) in [6.07, 6.45) is -1.52. The van der Waals surface area contributed by atoms with Crippen LogP contribution in [0.3, 0.4) is 0 Å². The molecule has 5 N–H and O–H groups in total. The van der Waals surface area contributed by atoms with E-state index in [0.717, 1.165) is 0 Å². The highest BCUT2D eigenvalue weighted by Gasteiger charge is 2.32. The second-order valence-electron chi connectivity index (χ2n) is 5.23. The number of hydrogen-bond donors (Lipinski definition) is 5. The first kappa shape index (κ1) is 19.8. The van der Waals surface area contributed by atoms with Crippen molar-refractivity contribution in [3.63, 3.8) is 0 Å². The number of rotatable bonds is 9. The lowest BCUT2D eigenvalue weighted by Gasteiger charge is -2.27. The van der Waals surface area contributed by atoms with Crippen molar-refractivity contribution in [2.24, 2.45) is 5.41 Å². The van der Waals surface area contributed by atoms with Crippen molar-refractivity contribution in [1.82, 2.24) is 10.6 Å². The van der Waals surface area contributed by atoms with Gasteiger partial charge in [-0.2, -0.15) is 8.42 Å². The molecule has 0 bridgehead atoms. The van der Waals surface area contributed by atoms with E-state index in [2.05, 4.69) is 10.6 Å². The quantitative estimate of drug-likeness (QED) is 0.303. The third-order valence-corrected chi connectivity index (χ3v) is 3.45.